The summed E-state index contributed by atoms with van der Waals surface area (Å²) in [6, 6.07) is 0. The molecule has 0 aromatic rings. The highest BCUT2D eigenvalue weighted by molar-refractivity contribution is 5.85. The van der Waals surface area contributed by atoms with Crippen molar-refractivity contribution in [3.8, 4) is 0 Å². The fraction of sp³-hybridized carbons (Fsp3) is 1.00. The van der Waals surface area contributed by atoms with Gasteiger partial charge in [0, 0.05) is 0 Å². The van der Waals surface area contributed by atoms with Crippen LogP contribution in [0.25, 0.3) is 0 Å². The van der Waals surface area contributed by atoms with Gasteiger partial charge in [-0.25, -0.2) is 0 Å². The Labute approximate surface area is 69.8 Å². The van der Waals surface area contributed by atoms with Crippen LogP contribution in [0.3, 0.4) is 0 Å². The number of rotatable bonds is 1. The third-order valence-electron chi connectivity index (χ3n) is 2.76. The van der Waals surface area contributed by atoms with Crippen LogP contribution in [-0.2, 0) is 0 Å². The Kier molecular flexibility index (Phi) is 3.68. The molecule has 2 N–H and O–H groups in total. The van der Waals surface area contributed by atoms with Crippen molar-refractivity contribution in [1.29, 1.82) is 0 Å². The summed E-state index contributed by atoms with van der Waals surface area (Å²) >= 11 is 0. The lowest BCUT2D eigenvalue weighted by molar-refractivity contribution is 0.267. The summed E-state index contributed by atoms with van der Waals surface area (Å²) in [6.45, 7) is 5.54. The molecule has 0 saturated heterocycles. The fourth-order valence-corrected chi connectivity index (χ4v) is 1.84. The van der Waals surface area contributed by atoms with Gasteiger partial charge in [-0.1, -0.05) is 20.3 Å². The molecule has 1 fully saturated rings. The summed E-state index contributed by atoms with van der Waals surface area (Å²) in [4.78, 5) is 0. The van der Waals surface area contributed by atoms with E-state index in [1.54, 1.807) is 0 Å². The molecule has 0 aromatic carbocycles. The second kappa shape index (κ2) is 3.59. The molecular formula is C8H18ClN. The first kappa shape index (κ1) is 10.2. The Morgan fingerprint density at radius 3 is 2.30 bits per heavy atom. The topological polar surface area (TPSA) is 26.0 Å². The first-order valence-electron chi connectivity index (χ1n) is 3.87. The largest absolute Gasteiger partial charge is 0.330 e. The van der Waals surface area contributed by atoms with Crippen LogP contribution in [0.4, 0.5) is 0 Å². The molecule has 0 heterocycles. The van der Waals surface area contributed by atoms with Gasteiger partial charge in [-0.15, -0.1) is 12.4 Å². The maximum atomic E-state index is 5.61. The number of hydrogen-bond donors (Lipinski definition) is 1. The lowest BCUT2D eigenvalue weighted by Crippen LogP contribution is -2.24. The van der Waals surface area contributed by atoms with Crippen LogP contribution in [0.5, 0.6) is 0 Å². The van der Waals surface area contributed by atoms with Gasteiger partial charge in [-0.3, -0.25) is 0 Å². The third-order valence-corrected chi connectivity index (χ3v) is 2.76. The Morgan fingerprint density at radius 2 is 2.10 bits per heavy atom. The normalized spacial score (nSPS) is 29.7. The molecule has 0 aliphatic heterocycles. The van der Waals surface area contributed by atoms with Gasteiger partial charge in [0.1, 0.15) is 0 Å². The zero-order chi connectivity index (χ0) is 6.91. The lowest BCUT2D eigenvalue weighted by atomic mass is 9.82. The van der Waals surface area contributed by atoms with Crippen molar-refractivity contribution in [1.82, 2.24) is 0 Å². The van der Waals surface area contributed by atoms with Crippen molar-refractivity contribution in [3.63, 3.8) is 0 Å². The summed E-state index contributed by atoms with van der Waals surface area (Å²) < 4.78 is 0. The number of nitrogens with two attached hydrogens (primary N) is 1. The Hall–Kier alpha value is 0.250. The Morgan fingerprint density at radius 1 is 1.50 bits per heavy atom. The van der Waals surface area contributed by atoms with Crippen molar-refractivity contribution in [2.24, 2.45) is 17.1 Å². The quantitative estimate of drug-likeness (QED) is 0.630. The molecule has 1 unspecified atom stereocenters. The van der Waals surface area contributed by atoms with Crippen LogP contribution in [-0.4, -0.2) is 6.54 Å². The zero-order valence-electron chi connectivity index (χ0n) is 6.89. The molecule has 1 rings (SSSR count). The summed E-state index contributed by atoms with van der Waals surface area (Å²) in [6.07, 6.45) is 4.10. The molecule has 1 aliphatic rings. The molecular weight excluding hydrogens is 146 g/mol. The first-order chi connectivity index (χ1) is 4.17. The van der Waals surface area contributed by atoms with Gasteiger partial charge < -0.3 is 5.73 Å². The van der Waals surface area contributed by atoms with E-state index in [0.717, 1.165) is 12.5 Å². The zero-order valence-corrected chi connectivity index (χ0v) is 7.71. The van der Waals surface area contributed by atoms with Gasteiger partial charge in [-0.2, -0.15) is 0 Å². The molecule has 0 bridgehead atoms. The molecule has 1 atom stereocenters. The van der Waals surface area contributed by atoms with E-state index < -0.39 is 0 Å². The van der Waals surface area contributed by atoms with Crippen LogP contribution in [0, 0.1) is 11.3 Å². The molecule has 0 radical (unpaired) electrons. The van der Waals surface area contributed by atoms with E-state index in [0.29, 0.717) is 5.41 Å². The highest BCUT2D eigenvalue weighted by Gasteiger charge is 2.32. The molecule has 10 heavy (non-hydrogen) atoms. The van der Waals surface area contributed by atoms with E-state index in [1.807, 2.05) is 0 Å². The van der Waals surface area contributed by atoms with Crippen LogP contribution in [0.15, 0.2) is 0 Å². The predicted molar refractivity (Wildman–Crippen MR) is 47.4 cm³/mol. The van der Waals surface area contributed by atoms with Crippen molar-refractivity contribution >= 4 is 12.4 Å². The Balaban J connectivity index is 0.000000810. The van der Waals surface area contributed by atoms with Crippen LogP contribution in [0.2, 0.25) is 0 Å². The third kappa shape index (κ3) is 1.86. The number of halogens is 1. The standard InChI is InChI=1S/C8H17N.ClH/c1-8(2)5-3-4-7(8)6-9;/h7H,3-6,9H2,1-2H3;1H. The van der Waals surface area contributed by atoms with Crippen LogP contribution < -0.4 is 5.73 Å². The highest BCUT2D eigenvalue weighted by atomic mass is 35.5. The predicted octanol–water partition coefficient (Wildman–Crippen LogP) is 2.19. The molecule has 62 valence electrons. The number of hydrogen-bond acceptors (Lipinski definition) is 1. The summed E-state index contributed by atoms with van der Waals surface area (Å²) in [7, 11) is 0. The van der Waals surface area contributed by atoms with Gasteiger partial charge in [-0.05, 0) is 30.7 Å². The second-order valence-electron chi connectivity index (χ2n) is 3.81. The summed E-state index contributed by atoms with van der Waals surface area (Å²) in [5.41, 5.74) is 6.15. The van der Waals surface area contributed by atoms with E-state index in [2.05, 4.69) is 13.8 Å². The molecule has 0 amide bonds. The van der Waals surface area contributed by atoms with Gasteiger partial charge in [0.25, 0.3) is 0 Å². The molecule has 1 nitrogen and oxygen atoms in total. The average Bonchev–Trinajstić information content (AvgIpc) is 2.08. The second-order valence-corrected chi connectivity index (χ2v) is 3.81. The molecule has 1 aliphatic carbocycles. The van der Waals surface area contributed by atoms with E-state index >= 15 is 0 Å². The Bertz CT molecular complexity index is 101. The molecule has 2 heteroatoms. The smallest absolute Gasteiger partial charge is 0.00438 e. The minimum atomic E-state index is 0. The van der Waals surface area contributed by atoms with Gasteiger partial charge in [0.05, 0.1) is 0 Å². The minimum absolute atomic E-state index is 0. The van der Waals surface area contributed by atoms with Crippen molar-refractivity contribution in [2.45, 2.75) is 33.1 Å². The van der Waals surface area contributed by atoms with E-state index in [1.165, 1.54) is 19.3 Å². The van der Waals surface area contributed by atoms with E-state index in [-0.39, 0.29) is 12.4 Å². The van der Waals surface area contributed by atoms with Crippen molar-refractivity contribution in [2.75, 3.05) is 6.54 Å². The maximum absolute atomic E-state index is 5.61. The molecule has 0 aromatic heterocycles. The van der Waals surface area contributed by atoms with E-state index in [9.17, 15) is 0 Å². The van der Waals surface area contributed by atoms with Crippen LogP contribution >= 0.6 is 12.4 Å². The van der Waals surface area contributed by atoms with Crippen molar-refractivity contribution < 1.29 is 0 Å². The summed E-state index contributed by atoms with van der Waals surface area (Å²) in [5, 5.41) is 0. The van der Waals surface area contributed by atoms with Gasteiger partial charge >= 0.3 is 0 Å². The lowest BCUT2D eigenvalue weighted by Gasteiger charge is -2.25. The van der Waals surface area contributed by atoms with Crippen LogP contribution in [0.1, 0.15) is 33.1 Å². The molecule has 1 saturated carbocycles. The first-order valence-corrected chi connectivity index (χ1v) is 3.87. The average molecular weight is 164 g/mol. The maximum Gasteiger partial charge on any atom is -0.00438 e. The molecule has 0 spiro atoms. The van der Waals surface area contributed by atoms with Gasteiger partial charge in [0.2, 0.25) is 0 Å². The van der Waals surface area contributed by atoms with Crippen molar-refractivity contribution in [3.05, 3.63) is 0 Å². The van der Waals surface area contributed by atoms with Gasteiger partial charge in [0.15, 0.2) is 0 Å². The van der Waals surface area contributed by atoms with E-state index in [4.69, 9.17) is 5.73 Å². The SMILES string of the molecule is CC1(C)CCCC1CN.Cl. The fourth-order valence-electron chi connectivity index (χ4n) is 1.84. The highest BCUT2D eigenvalue weighted by Crippen LogP contribution is 2.41. The monoisotopic (exact) mass is 163 g/mol. The minimum Gasteiger partial charge on any atom is -0.330 e. The summed E-state index contributed by atoms with van der Waals surface area (Å²) in [5.74, 6) is 0.789.